The van der Waals surface area contributed by atoms with Crippen molar-refractivity contribution in [2.24, 2.45) is 5.84 Å². The molecule has 1 heterocycles. The maximum Gasteiger partial charge on any atom is 0.251 e. The second kappa shape index (κ2) is 7.32. The molecule has 0 aliphatic rings. The Kier molecular flexibility index (Phi) is 5.74. The molecule has 104 valence electrons. The second-order valence-corrected chi connectivity index (χ2v) is 3.97. The van der Waals surface area contributed by atoms with Gasteiger partial charge in [0.25, 0.3) is 5.91 Å². The molecule has 0 spiro atoms. The number of hydrogen-bond donors (Lipinski definition) is 4. The van der Waals surface area contributed by atoms with Crippen LogP contribution in [0.3, 0.4) is 0 Å². The molecule has 19 heavy (non-hydrogen) atoms. The molecule has 0 unspecified atom stereocenters. The van der Waals surface area contributed by atoms with Gasteiger partial charge in [-0.25, -0.2) is 10.8 Å². The standard InChI is InChI=1S/C12H19N5O2/c1-3-10-6-9(7-11(16-10)17-13)12(19)15-5-4-14-8(2)18/h6-7H,3-5,13H2,1-2H3,(H,14,18)(H,15,19)(H,16,17). The van der Waals surface area contributed by atoms with Gasteiger partial charge in [-0.1, -0.05) is 6.92 Å². The summed E-state index contributed by atoms with van der Waals surface area (Å²) in [7, 11) is 0. The number of amides is 2. The summed E-state index contributed by atoms with van der Waals surface area (Å²) in [5.41, 5.74) is 3.70. The van der Waals surface area contributed by atoms with Gasteiger partial charge in [0.1, 0.15) is 5.82 Å². The number of carbonyl (C=O) groups excluding carboxylic acids is 2. The van der Waals surface area contributed by atoms with Crippen LogP contribution in [0.5, 0.6) is 0 Å². The molecule has 0 aliphatic carbocycles. The molecule has 0 saturated carbocycles. The molecule has 1 aromatic rings. The van der Waals surface area contributed by atoms with E-state index in [9.17, 15) is 9.59 Å². The van der Waals surface area contributed by atoms with Crippen LogP contribution in [0, 0.1) is 0 Å². The van der Waals surface area contributed by atoms with E-state index in [1.807, 2.05) is 6.92 Å². The third-order valence-corrected chi connectivity index (χ3v) is 2.44. The van der Waals surface area contributed by atoms with Crippen molar-refractivity contribution in [1.29, 1.82) is 0 Å². The molecule has 5 N–H and O–H groups in total. The minimum atomic E-state index is -0.223. The molecule has 0 saturated heterocycles. The monoisotopic (exact) mass is 265 g/mol. The van der Waals surface area contributed by atoms with Gasteiger partial charge in [-0.05, 0) is 18.6 Å². The molecule has 0 atom stereocenters. The number of aromatic nitrogens is 1. The van der Waals surface area contributed by atoms with E-state index < -0.39 is 0 Å². The van der Waals surface area contributed by atoms with Crippen LogP contribution in [0.1, 0.15) is 29.9 Å². The van der Waals surface area contributed by atoms with Gasteiger partial charge in [-0.2, -0.15) is 0 Å². The summed E-state index contributed by atoms with van der Waals surface area (Å²) in [5, 5.41) is 5.31. The summed E-state index contributed by atoms with van der Waals surface area (Å²) in [6.45, 7) is 4.14. The normalized spacial score (nSPS) is 9.84. The van der Waals surface area contributed by atoms with E-state index in [-0.39, 0.29) is 11.8 Å². The fraction of sp³-hybridized carbons (Fsp3) is 0.417. The molecule has 0 bridgehead atoms. The van der Waals surface area contributed by atoms with Gasteiger partial charge < -0.3 is 16.1 Å². The van der Waals surface area contributed by atoms with Crippen LogP contribution < -0.4 is 21.9 Å². The molecule has 2 amide bonds. The Hall–Kier alpha value is -2.15. The number of anilines is 1. The zero-order valence-corrected chi connectivity index (χ0v) is 11.1. The second-order valence-electron chi connectivity index (χ2n) is 3.97. The van der Waals surface area contributed by atoms with Gasteiger partial charge in [-0.3, -0.25) is 9.59 Å². The van der Waals surface area contributed by atoms with Gasteiger partial charge in [0.2, 0.25) is 5.91 Å². The number of nitrogen functional groups attached to an aromatic ring is 1. The fourth-order valence-electron chi connectivity index (χ4n) is 1.49. The van der Waals surface area contributed by atoms with Crippen LogP contribution in [0.15, 0.2) is 12.1 Å². The first-order chi connectivity index (χ1) is 9.06. The fourth-order valence-corrected chi connectivity index (χ4v) is 1.49. The topological polar surface area (TPSA) is 109 Å². The molecule has 0 aliphatic heterocycles. The van der Waals surface area contributed by atoms with Crippen LogP contribution in [0.25, 0.3) is 0 Å². The van der Waals surface area contributed by atoms with E-state index >= 15 is 0 Å². The quantitative estimate of drug-likeness (QED) is 0.323. The lowest BCUT2D eigenvalue weighted by Gasteiger charge is -2.08. The largest absolute Gasteiger partial charge is 0.355 e. The smallest absolute Gasteiger partial charge is 0.251 e. The van der Waals surface area contributed by atoms with E-state index in [0.29, 0.717) is 30.9 Å². The molecular weight excluding hydrogens is 246 g/mol. The summed E-state index contributed by atoms with van der Waals surface area (Å²) in [4.78, 5) is 26.8. The van der Waals surface area contributed by atoms with Crippen molar-refractivity contribution in [3.05, 3.63) is 23.4 Å². The summed E-state index contributed by atoms with van der Waals surface area (Å²) in [5.74, 6) is 5.41. The summed E-state index contributed by atoms with van der Waals surface area (Å²) >= 11 is 0. The lowest BCUT2D eigenvalue weighted by molar-refractivity contribution is -0.118. The third kappa shape index (κ3) is 4.92. The van der Waals surface area contributed by atoms with E-state index in [0.717, 1.165) is 5.69 Å². The number of hydrazine groups is 1. The predicted octanol–water partition coefficient (Wildman–Crippen LogP) is -0.204. The first-order valence-corrected chi connectivity index (χ1v) is 6.07. The Morgan fingerprint density at radius 2 is 1.95 bits per heavy atom. The molecule has 0 radical (unpaired) electrons. The molecule has 1 aromatic heterocycles. The number of nitrogens with two attached hydrogens (primary N) is 1. The van der Waals surface area contributed by atoms with Crippen LogP contribution in [-0.2, 0) is 11.2 Å². The average Bonchev–Trinajstić information content (AvgIpc) is 2.42. The van der Waals surface area contributed by atoms with Crippen molar-refractivity contribution in [2.75, 3.05) is 18.5 Å². The van der Waals surface area contributed by atoms with Crippen molar-refractivity contribution in [2.45, 2.75) is 20.3 Å². The molecular formula is C12H19N5O2. The Balaban J connectivity index is 2.63. The van der Waals surface area contributed by atoms with Crippen molar-refractivity contribution in [1.82, 2.24) is 15.6 Å². The van der Waals surface area contributed by atoms with E-state index in [1.165, 1.54) is 6.92 Å². The summed E-state index contributed by atoms with van der Waals surface area (Å²) in [6, 6.07) is 3.29. The molecule has 7 nitrogen and oxygen atoms in total. The Bertz CT molecular complexity index is 439. The van der Waals surface area contributed by atoms with E-state index in [4.69, 9.17) is 5.84 Å². The SMILES string of the molecule is CCc1cc(C(=O)NCCNC(C)=O)cc(NN)n1. The predicted molar refractivity (Wildman–Crippen MR) is 72.4 cm³/mol. The number of rotatable bonds is 6. The summed E-state index contributed by atoms with van der Waals surface area (Å²) in [6.07, 6.45) is 0.710. The summed E-state index contributed by atoms with van der Waals surface area (Å²) < 4.78 is 0. The number of hydrogen-bond acceptors (Lipinski definition) is 5. The lowest BCUT2D eigenvalue weighted by Crippen LogP contribution is -2.33. The maximum absolute atomic E-state index is 11.9. The Morgan fingerprint density at radius 3 is 2.53 bits per heavy atom. The maximum atomic E-state index is 11.9. The molecule has 7 heteroatoms. The highest BCUT2D eigenvalue weighted by Gasteiger charge is 2.08. The number of carbonyl (C=O) groups is 2. The Labute approximate surface area is 111 Å². The lowest BCUT2D eigenvalue weighted by atomic mass is 10.2. The highest BCUT2D eigenvalue weighted by atomic mass is 16.2. The van der Waals surface area contributed by atoms with Crippen LogP contribution in [-0.4, -0.2) is 29.9 Å². The van der Waals surface area contributed by atoms with Crippen molar-refractivity contribution < 1.29 is 9.59 Å². The molecule has 1 rings (SSSR count). The van der Waals surface area contributed by atoms with Gasteiger partial charge >= 0.3 is 0 Å². The third-order valence-electron chi connectivity index (χ3n) is 2.44. The first kappa shape index (κ1) is 14.9. The minimum Gasteiger partial charge on any atom is -0.355 e. The van der Waals surface area contributed by atoms with Gasteiger partial charge in [0.15, 0.2) is 0 Å². The van der Waals surface area contributed by atoms with Crippen LogP contribution in [0.2, 0.25) is 0 Å². The Morgan fingerprint density at radius 1 is 1.26 bits per heavy atom. The van der Waals surface area contributed by atoms with E-state index in [1.54, 1.807) is 12.1 Å². The zero-order valence-electron chi connectivity index (χ0n) is 11.1. The number of aryl methyl sites for hydroxylation is 1. The van der Waals surface area contributed by atoms with Gasteiger partial charge in [0, 0.05) is 31.3 Å². The minimum absolute atomic E-state index is 0.124. The van der Waals surface area contributed by atoms with Crippen molar-refractivity contribution in [3.8, 4) is 0 Å². The van der Waals surface area contributed by atoms with Gasteiger partial charge in [0.05, 0.1) is 0 Å². The van der Waals surface area contributed by atoms with Gasteiger partial charge in [-0.15, -0.1) is 0 Å². The first-order valence-electron chi connectivity index (χ1n) is 6.07. The van der Waals surface area contributed by atoms with Crippen LogP contribution in [0.4, 0.5) is 5.82 Å². The number of pyridine rings is 1. The zero-order chi connectivity index (χ0) is 14.3. The van der Waals surface area contributed by atoms with Crippen molar-refractivity contribution >= 4 is 17.6 Å². The van der Waals surface area contributed by atoms with Crippen molar-refractivity contribution in [3.63, 3.8) is 0 Å². The van der Waals surface area contributed by atoms with E-state index in [2.05, 4.69) is 21.0 Å². The van der Waals surface area contributed by atoms with Crippen LogP contribution >= 0.6 is 0 Å². The highest BCUT2D eigenvalue weighted by molar-refractivity contribution is 5.95. The average molecular weight is 265 g/mol. The molecule has 0 fully saturated rings. The highest BCUT2D eigenvalue weighted by Crippen LogP contribution is 2.10. The number of nitrogens with one attached hydrogen (secondary N) is 3. The number of nitrogens with zero attached hydrogens (tertiary/aromatic N) is 1. The molecule has 0 aromatic carbocycles.